The van der Waals surface area contributed by atoms with Crippen molar-refractivity contribution >= 4 is 11.9 Å². The Balaban J connectivity index is 2.09. The van der Waals surface area contributed by atoms with E-state index in [9.17, 15) is 9.59 Å². The lowest BCUT2D eigenvalue weighted by Crippen LogP contribution is -2.30. The van der Waals surface area contributed by atoms with Crippen molar-refractivity contribution in [1.82, 2.24) is 5.32 Å². The Hall–Kier alpha value is -1.10. The summed E-state index contributed by atoms with van der Waals surface area (Å²) in [6.45, 7) is 1.43. The van der Waals surface area contributed by atoms with Gasteiger partial charge in [0.15, 0.2) is 0 Å². The minimum Gasteiger partial charge on any atom is -0.481 e. The van der Waals surface area contributed by atoms with Gasteiger partial charge in [-0.3, -0.25) is 9.59 Å². The predicted molar refractivity (Wildman–Crippen MR) is 62.7 cm³/mol. The van der Waals surface area contributed by atoms with Crippen LogP contribution in [0.15, 0.2) is 0 Å². The number of nitrogens with one attached hydrogen (secondary N) is 1. The molecule has 5 heteroatoms. The van der Waals surface area contributed by atoms with Gasteiger partial charge in [-0.15, -0.1) is 0 Å². The van der Waals surface area contributed by atoms with Gasteiger partial charge in [0, 0.05) is 33.1 Å². The van der Waals surface area contributed by atoms with E-state index in [0.29, 0.717) is 19.4 Å². The molecule has 0 spiro atoms. The molecule has 0 saturated heterocycles. The van der Waals surface area contributed by atoms with Crippen molar-refractivity contribution in [2.24, 2.45) is 5.41 Å². The van der Waals surface area contributed by atoms with Crippen molar-refractivity contribution in [2.75, 3.05) is 20.3 Å². The smallest absolute Gasteiger partial charge is 0.303 e. The third kappa shape index (κ3) is 5.68. The van der Waals surface area contributed by atoms with E-state index < -0.39 is 5.97 Å². The SMILES string of the molecule is COCCC1(CNC(=O)CCCC(=O)O)CC1. The Labute approximate surface area is 102 Å². The molecule has 1 fully saturated rings. The second-order valence-electron chi connectivity index (χ2n) is 4.77. The lowest BCUT2D eigenvalue weighted by atomic mass is 10.0. The predicted octanol–water partition coefficient (Wildman–Crippen LogP) is 1.17. The Morgan fingerprint density at radius 3 is 2.59 bits per heavy atom. The number of rotatable bonds is 9. The van der Waals surface area contributed by atoms with Gasteiger partial charge in [0.1, 0.15) is 0 Å². The molecule has 17 heavy (non-hydrogen) atoms. The summed E-state index contributed by atoms with van der Waals surface area (Å²) in [5.41, 5.74) is 0.248. The number of carboxylic acids is 1. The van der Waals surface area contributed by atoms with E-state index in [1.54, 1.807) is 7.11 Å². The molecular formula is C12H21NO4. The first kappa shape index (κ1) is 14.0. The highest BCUT2D eigenvalue weighted by molar-refractivity contribution is 5.76. The van der Waals surface area contributed by atoms with Crippen molar-refractivity contribution < 1.29 is 19.4 Å². The maximum Gasteiger partial charge on any atom is 0.303 e. The molecule has 0 radical (unpaired) electrons. The normalized spacial score (nSPS) is 16.5. The summed E-state index contributed by atoms with van der Waals surface area (Å²) < 4.78 is 5.04. The molecule has 1 rings (SSSR count). The number of carboxylic acid groups (broad SMARTS) is 1. The van der Waals surface area contributed by atoms with Crippen molar-refractivity contribution in [3.8, 4) is 0 Å². The third-order valence-corrected chi connectivity index (χ3v) is 3.25. The Kier molecular flexibility index (Phi) is 5.41. The number of carbonyl (C=O) groups is 2. The molecular weight excluding hydrogens is 222 g/mol. The number of ether oxygens (including phenoxy) is 1. The van der Waals surface area contributed by atoms with Gasteiger partial charge in [-0.2, -0.15) is 0 Å². The van der Waals surface area contributed by atoms with Gasteiger partial charge < -0.3 is 15.2 Å². The van der Waals surface area contributed by atoms with E-state index in [1.165, 1.54) is 0 Å². The summed E-state index contributed by atoms with van der Waals surface area (Å²) >= 11 is 0. The van der Waals surface area contributed by atoms with Gasteiger partial charge >= 0.3 is 5.97 Å². The summed E-state index contributed by atoms with van der Waals surface area (Å²) in [5, 5.41) is 11.3. The Bertz CT molecular complexity index is 274. The highest BCUT2D eigenvalue weighted by Crippen LogP contribution is 2.48. The quantitative estimate of drug-likeness (QED) is 0.637. The molecule has 0 heterocycles. The number of methoxy groups -OCH3 is 1. The highest BCUT2D eigenvalue weighted by atomic mass is 16.5. The fraction of sp³-hybridized carbons (Fsp3) is 0.833. The maximum absolute atomic E-state index is 11.4. The van der Waals surface area contributed by atoms with Crippen LogP contribution in [-0.4, -0.2) is 37.2 Å². The molecule has 0 aliphatic heterocycles. The molecule has 5 nitrogen and oxygen atoms in total. The summed E-state index contributed by atoms with van der Waals surface area (Å²) in [7, 11) is 1.68. The number of hydrogen-bond acceptors (Lipinski definition) is 3. The van der Waals surface area contributed by atoms with Crippen molar-refractivity contribution in [2.45, 2.75) is 38.5 Å². The Morgan fingerprint density at radius 2 is 2.06 bits per heavy atom. The van der Waals surface area contributed by atoms with Gasteiger partial charge in [-0.05, 0) is 31.1 Å². The third-order valence-electron chi connectivity index (χ3n) is 3.25. The van der Waals surface area contributed by atoms with Crippen LogP contribution in [0.3, 0.4) is 0 Å². The number of carbonyl (C=O) groups excluding carboxylic acids is 1. The van der Waals surface area contributed by atoms with Crippen LogP contribution in [0.1, 0.15) is 38.5 Å². The molecule has 0 aromatic heterocycles. The van der Waals surface area contributed by atoms with Crippen LogP contribution < -0.4 is 5.32 Å². The van der Waals surface area contributed by atoms with Gasteiger partial charge in [0.05, 0.1) is 0 Å². The standard InChI is InChI=1S/C12H21NO4/c1-17-8-7-12(5-6-12)9-13-10(14)3-2-4-11(15)16/h2-9H2,1H3,(H,13,14)(H,15,16). The number of aliphatic carboxylic acids is 1. The van der Waals surface area contributed by atoms with E-state index >= 15 is 0 Å². The van der Waals surface area contributed by atoms with Gasteiger partial charge in [-0.25, -0.2) is 0 Å². The second-order valence-corrected chi connectivity index (χ2v) is 4.77. The average Bonchev–Trinajstić information content (AvgIpc) is 3.04. The molecule has 0 aromatic carbocycles. The van der Waals surface area contributed by atoms with Crippen LogP contribution in [-0.2, 0) is 14.3 Å². The van der Waals surface area contributed by atoms with Gasteiger partial charge in [-0.1, -0.05) is 0 Å². The summed E-state index contributed by atoms with van der Waals surface area (Å²) in [6, 6.07) is 0. The average molecular weight is 243 g/mol. The van der Waals surface area contributed by atoms with E-state index in [-0.39, 0.29) is 17.7 Å². The molecule has 98 valence electrons. The lowest BCUT2D eigenvalue weighted by Gasteiger charge is -2.15. The van der Waals surface area contributed by atoms with Crippen molar-refractivity contribution in [3.05, 3.63) is 0 Å². The minimum atomic E-state index is -0.850. The maximum atomic E-state index is 11.4. The summed E-state index contributed by atoms with van der Waals surface area (Å²) in [4.78, 5) is 21.7. The fourth-order valence-corrected chi connectivity index (χ4v) is 1.79. The first-order valence-corrected chi connectivity index (χ1v) is 6.05. The van der Waals surface area contributed by atoms with Crippen LogP contribution in [0.4, 0.5) is 0 Å². The topological polar surface area (TPSA) is 75.6 Å². The molecule has 1 saturated carbocycles. The first-order valence-electron chi connectivity index (χ1n) is 6.05. The zero-order chi connectivity index (χ0) is 12.7. The summed E-state index contributed by atoms with van der Waals surface area (Å²) in [5.74, 6) is -0.897. The molecule has 0 bridgehead atoms. The van der Waals surface area contributed by atoms with E-state index in [0.717, 1.165) is 25.9 Å². The van der Waals surface area contributed by atoms with Crippen LogP contribution >= 0.6 is 0 Å². The monoisotopic (exact) mass is 243 g/mol. The van der Waals surface area contributed by atoms with Crippen LogP contribution in [0.2, 0.25) is 0 Å². The zero-order valence-electron chi connectivity index (χ0n) is 10.3. The first-order chi connectivity index (χ1) is 8.08. The largest absolute Gasteiger partial charge is 0.481 e. The van der Waals surface area contributed by atoms with Crippen molar-refractivity contribution in [3.63, 3.8) is 0 Å². The van der Waals surface area contributed by atoms with E-state index in [2.05, 4.69) is 5.32 Å². The van der Waals surface area contributed by atoms with Crippen LogP contribution in [0.5, 0.6) is 0 Å². The molecule has 1 aliphatic rings. The zero-order valence-corrected chi connectivity index (χ0v) is 10.3. The van der Waals surface area contributed by atoms with Gasteiger partial charge in [0.2, 0.25) is 5.91 Å². The summed E-state index contributed by atoms with van der Waals surface area (Å²) in [6.07, 6.45) is 4.04. The van der Waals surface area contributed by atoms with Gasteiger partial charge in [0.25, 0.3) is 0 Å². The Morgan fingerprint density at radius 1 is 1.35 bits per heavy atom. The van der Waals surface area contributed by atoms with Crippen LogP contribution in [0.25, 0.3) is 0 Å². The molecule has 2 N–H and O–H groups in total. The molecule has 0 unspecified atom stereocenters. The van der Waals surface area contributed by atoms with Crippen molar-refractivity contribution in [1.29, 1.82) is 0 Å². The minimum absolute atomic E-state index is 0.0464. The van der Waals surface area contributed by atoms with Crippen LogP contribution in [0, 0.1) is 5.41 Å². The number of hydrogen-bond donors (Lipinski definition) is 2. The molecule has 1 aliphatic carbocycles. The van der Waals surface area contributed by atoms with E-state index in [1.807, 2.05) is 0 Å². The molecule has 0 atom stereocenters. The second kappa shape index (κ2) is 6.59. The lowest BCUT2D eigenvalue weighted by molar-refractivity contribution is -0.137. The molecule has 1 amide bonds. The fourth-order valence-electron chi connectivity index (χ4n) is 1.79. The van der Waals surface area contributed by atoms with E-state index in [4.69, 9.17) is 9.84 Å². The number of amides is 1. The highest BCUT2D eigenvalue weighted by Gasteiger charge is 2.41. The molecule has 0 aromatic rings.